The first kappa shape index (κ1) is 42.7. The molecule has 0 saturated carbocycles. The van der Waals surface area contributed by atoms with Gasteiger partial charge in [0, 0.05) is 12.6 Å². The largest absolute Gasteiger partial charge is 0.466 e. The fourth-order valence-corrected chi connectivity index (χ4v) is 18.1. The number of hydrogen-bond donors (Lipinski definition) is 0. The standard InChI is InChI=1S/C49H57NO6Si2/c1-8-54-45(51)36-38(56-58(49(5,6)7,41-27-17-11-18-28-41)42-29-19-12-20-30-42)35-37(33-34-50-46(52)43-31-21-22-32-44(43)47(50)53)55-57(48(2,3)4,39-23-13-9-14-24-39)40-25-15-10-16-26-40/h9-32,37-38H,8,33-36H2,1-7H3/t37-,38-/m1/s1. The lowest BCUT2D eigenvalue weighted by Crippen LogP contribution is -2.69. The number of imide groups is 1. The Labute approximate surface area is 346 Å². The first-order valence-electron chi connectivity index (χ1n) is 20.4. The van der Waals surface area contributed by atoms with Gasteiger partial charge in [0.25, 0.3) is 28.4 Å². The van der Waals surface area contributed by atoms with Crippen LogP contribution in [0, 0.1) is 0 Å². The Morgan fingerprint density at radius 3 is 1.24 bits per heavy atom. The highest BCUT2D eigenvalue weighted by Crippen LogP contribution is 2.41. The van der Waals surface area contributed by atoms with Crippen LogP contribution in [-0.2, 0) is 18.4 Å². The molecular formula is C49H57NO6Si2. The minimum atomic E-state index is -3.18. The van der Waals surface area contributed by atoms with E-state index in [2.05, 4.69) is 114 Å². The highest BCUT2D eigenvalue weighted by atomic mass is 28.4. The van der Waals surface area contributed by atoms with Crippen molar-refractivity contribution in [2.24, 2.45) is 0 Å². The van der Waals surface area contributed by atoms with Crippen molar-refractivity contribution in [1.82, 2.24) is 4.90 Å². The summed E-state index contributed by atoms with van der Waals surface area (Å²) in [5.41, 5.74) is 0.819. The van der Waals surface area contributed by atoms with Crippen LogP contribution in [-0.4, -0.2) is 64.7 Å². The number of amides is 2. The molecule has 58 heavy (non-hydrogen) atoms. The lowest BCUT2D eigenvalue weighted by atomic mass is 10.1. The summed E-state index contributed by atoms with van der Waals surface area (Å²) in [5.74, 6) is -0.970. The van der Waals surface area contributed by atoms with Crippen LogP contribution in [0.15, 0.2) is 146 Å². The van der Waals surface area contributed by atoms with Gasteiger partial charge < -0.3 is 13.6 Å². The Morgan fingerprint density at radius 1 is 0.552 bits per heavy atom. The molecule has 9 heteroatoms. The number of ether oxygens (including phenoxy) is 1. The maximum absolute atomic E-state index is 13.8. The molecule has 2 atom stereocenters. The van der Waals surface area contributed by atoms with Crippen molar-refractivity contribution >= 4 is 55.2 Å². The van der Waals surface area contributed by atoms with Gasteiger partial charge in [0.05, 0.1) is 30.3 Å². The van der Waals surface area contributed by atoms with Crippen molar-refractivity contribution in [1.29, 1.82) is 0 Å². The molecule has 6 rings (SSSR count). The molecule has 0 N–H and O–H groups in total. The number of benzene rings is 5. The summed E-state index contributed by atoms with van der Waals surface area (Å²) in [6.45, 7) is 15.6. The maximum atomic E-state index is 13.8. The van der Waals surface area contributed by atoms with Gasteiger partial charge in [-0.2, -0.15) is 0 Å². The average molecular weight is 812 g/mol. The normalized spacial score (nSPS) is 14.6. The summed E-state index contributed by atoms with van der Waals surface area (Å²) >= 11 is 0. The molecule has 0 fully saturated rings. The van der Waals surface area contributed by atoms with Crippen LogP contribution >= 0.6 is 0 Å². The van der Waals surface area contributed by atoms with Crippen molar-refractivity contribution in [2.45, 2.75) is 90.0 Å². The number of rotatable bonds is 16. The lowest BCUT2D eigenvalue weighted by Gasteiger charge is -2.47. The van der Waals surface area contributed by atoms with Gasteiger partial charge in [0.1, 0.15) is 0 Å². The van der Waals surface area contributed by atoms with Crippen molar-refractivity contribution in [3.63, 3.8) is 0 Å². The molecule has 2 amide bonds. The second-order valence-corrected chi connectivity index (χ2v) is 25.7. The summed E-state index contributed by atoms with van der Waals surface area (Å²) in [4.78, 5) is 42.5. The third-order valence-electron chi connectivity index (χ3n) is 11.3. The van der Waals surface area contributed by atoms with Gasteiger partial charge in [0.15, 0.2) is 0 Å². The lowest BCUT2D eigenvalue weighted by molar-refractivity contribution is -0.145. The van der Waals surface area contributed by atoms with E-state index in [1.165, 1.54) is 4.90 Å². The molecule has 0 radical (unpaired) electrons. The average Bonchev–Trinajstić information content (AvgIpc) is 3.46. The number of esters is 1. The summed E-state index contributed by atoms with van der Waals surface area (Å²) in [6, 6.07) is 48.6. The Hall–Kier alpha value is -4.94. The van der Waals surface area contributed by atoms with Crippen LogP contribution in [0.3, 0.4) is 0 Å². The monoisotopic (exact) mass is 811 g/mol. The van der Waals surface area contributed by atoms with E-state index >= 15 is 0 Å². The Kier molecular flexibility index (Phi) is 13.2. The highest BCUT2D eigenvalue weighted by molar-refractivity contribution is 7.00. The molecular weight excluding hydrogens is 755 g/mol. The van der Waals surface area contributed by atoms with E-state index in [4.69, 9.17) is 13.6 Å². The van der Waals surface area contributed by atoms with E-state index in [1.807, 2.05) is 55.5 Å². The summed E-state index contributed by atoms with van der Waals surface area (Å²) in [7, 11) is -6.36. The fraction of sp³-hybridized carbons (Fsp3) is 0.327. The van der Waals surface area contributed by atoms with Gasteiger partial charge in [-0.05, 0) is 62.7 Å². The number of fused-ring (bicyclic) bond motifs is 1. The van der Waals surface area contributed by atoms with Gasteiger partial charge in [0.2, 0.25) is 0 Å². The molecule has 1 aliphatic heterocycles. The van der Waals surface area contributed by atoms with Crippen LogP contribution in [0.2, 0.25) is 10.1 Å². The molecule has 1 aliphatic rings. The molecule has 7 nitrogen and oxygen atoms in total. The Balaban J connectivity index is 1.50. The van der Waals surface area contributed by atoms with Crippen LogP contribution in [0.4, 0.5) is 0 Å². The molecule has 5 aromatic carbocycles. The predicted molar refractivity (Wildman–Crippen MR) is 237 cm³/mol. The van der Waals surface area contributed by atoms with E-state index < -0.39 is 28.8 Å². The molecule has 0 aliphatic carbocycles. The van der Waals surface area contributed by atoms with Crippen LogP contribution < -0.4 is 20.7 Å². The minimum absolute atomic E-state index is 0.00591. The van der Waals surface area contributed by atoms with Gasteiger partial charge >= 0.3 is 5.97 Å². The van der Waals surface area contributed by atoms with E-state index in [9.17, 15) is 14.4 Å². The van der Waals surface area contributed by atoms with Crippen molar-refractivity contribution < 1.29 is 28.0 Å². The van der Waals surface area contributed by atoms with Crippen molar-refractivity contribution in [2.75, 3.05) is 13.2 Å². The highest BCUT2D eigenvalue weighted by Gasteiger charge is 2.54. The minimum Gasteiger partial charge on any atom is -0.466 e. The molecule has 0 aromatic heterocycles. The maximum Gasteiger partial charge on any atom is 0.308 e. The third kappa shape index (κ3) is 8.59. The number of carbonyl (C=O) groups excluding carboxylic acids is 3. The molecule has 5 aromatic rings. The zero-order valence-corrected chi connectivity index (χ0v) is 36.9. The Morgan fingerprint density at radius 2 is 0.897 bits per heavy atom. The van der Waals surface area contributed by atoms with Crippen molar-refractivity contribution in [3.05, 3.63) is 157 Å². The van der Waals surface area contributed by atoms with E-state index in [0.29, 0.717) is 24.0 Å². The van der Waals surface area contributed by atoms with Gasteiger partial charge in [-0.25, -0.2) is 0 Å². The van der Waals surface area contributed by atoms with Crippen LogP contribution in [0.1, 0.15) is 88.4 Å². The summed E-state index contributed by atoms with van der Waals surface area (Å²) in [5, 5.41) is 3.68. The molecule has 0 bridgehead atoms. The zero-order valence-electron chi connectivity index (χ0n) is 34.9. The number of carbonyl (C=O) groups is 3. The van der Waals surface area contributed by atoms with Gasteiger partial charge in [-0.3, -0.25) is 19.3 Å². The number of nitrogens with zero attached hydrogens (tertiary/aromatic N) is 1. The first-order valence-corrected chi connectivity index (χ1v) is 24.2. The predicted octanol–water partition coefficient (Wildman–Crippen LogP) is 7.91. The van der Waals surface area contributed by atoms with Crippen LogP contribution in [0.25, 0.3) is 0 Å². The topological polar surface area (TPSA) is 82.1 Å². The SMILES string of the molecule is CCOC(=O)C[C@@H](C[C@@H](CCN1C(=O)c2ccccc2C1=O)O[Si](c1ccccc1)(c1ccccc1)C(C)(C)C)O[Si](c1ccccc1)(c1ccccc1)C(C)(C)C. The van der Waals surface area contributed by atoms with E-state index in [0.717, 1.165) is 20.7 Å². The molecule has 0 spiro atoms. The smallest absolute Gasteiger partial charge is 0.308 e. The van der Waals surface area contributed by atoms with Crippen LogP contribution in [0.5, 0.6) is 0 Å². The Bertz CT molecular complexity index is 2040. The fourth-order valence-electron chi connectivity index (χ4n) is 8.69. The van der Waals surface area contributed by atoms with Gasteiger partial charge in [-0.15, -0.1) is 0 Å². The quantitative estimate of drug-likeness (QED) is 0.0573. The third-order valence-corrected chi connectivity index (χ3v) is 21.5. The summed E-state index contributed by atoms with van der Waals surface area (Å²) in [6.07, 6.45) is -0.536. The zero-order chi connectivity index (χ0) is 41.6. The molecule has 1 heterocycles. The molecule has 0 saturated heterocycles. The first-order chi connectivity index (χ1) is 27.7. The second kappa shape index (κ2) is 17.9. The van der Waals surface area contributed by atoms with E-state index in [-0.39, 0.29) is 47.4 Å². The van der Waals surface area contributed by atoms with Gasteiger partial charge in [-0.1, -0.05) is 175 Å². The molecule has 0 unspecified atom stereocenters. The number of hydrogen-bond acceptors (Lipinski definition) is 6. The van der Waals surface area contributed by atoms with Crippen molar-refractivity contribution in [3.8, 4) is 0 Å². The van der Waals surface area contributed by atoms with E-state index in [1.54, 1.807) is 24.3 Å². The summed E-state index contributed by atoms with van der Waals surface area (Å²) < 4.78 is 21.2. The second-order valence-electron chi connectivity index (χ2n) is 17.1. The molecule has 302 valence electrons.